The molecule has 0 radical (unpaired) electrons. The van der Waals surface area contributed by atoms with Crippen molar-refractivity contribution in [2.45, 2.75) is 19.9 Å². The molecule has 0 fully saturated rings. The average Bonchev–Trinajstić information content (AvgIpc) is 2.61. The van der Waals surface area contributed by atoms with E-state index in [9.17, 15) is 9.59 Å². The van der Waals surface area contributed by atoms with Gasteiger partial charge in [-0.25, -0.2) is 0 Å². The molecule has 1 aliphatic rings. The quantitative estimate of drug-likeness (QED) is 0.813. The summed E-state index contributed by atoms with van der Waals surface area (Å²) < 4.78 is 0. The Balaban J connectivity index is 1.75. The summed E-state index contributed by atoms with van der Waals surface area (Å²) >= 11 is 12.0. The second-order valence-electron chi connectivity index (χ2n) is 6.04. The van der Waals surface area contributed by atoms with E-state index in [4.69, 9.17) is 23.2 Å². The van der Waals surface area contributed by atoms with Crippen LogP contribution in [0.5, 0.6) is 0 Å². The number of hydrogen-bond acceptors (Lipinski definition) is 2. The van der Waals surface area contributed by atoms with Gasteiger partial charge < -0.3 is 9.80 Å². The number of fused-ring (bicyclic) bond motifs is 1. The maximum Gasteiger partial charge on any atom is 0.242 e. The highest BCUT2D eigenvalue weighted by Crippen LogP contribution is 2.27. The summed E-state index contributed by atoms with van der Waals surface area (Å²) in [4.78, 5) is 28.0. The molecule has 0 spiro atoms. The van der Waals surface area contributed by atoms with Gasteiger partial charge in [-0.3, -0.25) is 9.59 Å². The van der Waals surface area contributed by atoms with E-state index in [-0.39, 0.29) is 18.4 Å². The Hall–Kier alpha value is -2.04. The zero-order chi connectivity index (χ0) is 18.0. The lowest BCUT2D eigenvalue weighted by Crippen LogP contribution is -2.44. The van der Waals surface area contributed by atoms with Gasteiger partial charge in [0.05, 0.1) is 10.0 Å². The lowest BCUT2D eigenvalue weighted by molar-refractivity contribution is -0.132. The molecule has 2 aromatic carbocycles. The number of carbonyl (C=O) groups excluding carboxylic acids is 2. The minimum absolute atomic E-state index is 0.0184. The third-order valence-corrected chi connectivity index (χ3v) is 5.11. The molecule has 2 amide bonds. The molecule has 4 nitrogen and oxygen atoms in total. The molecule has 1 aliphatic heterocycles. The molecular weight excluding hydrogens is 359 g/mol. The predicted octanol–water partition coefficient (Wildman–Crippen LogP) is 3.93. The van der Waals surface area contributed by atoms with Gasteiger partial charge in [0, 0.05) is 25.7 Å². The zero-order valence-corrected chi connectivity index (χ0v) is 15.3. The van der Waals surface area contributed by atoms with Crippen LogP contribution in [0.2, 0.25) is 10.0 Å². The highest BCUT2D eigenvalue weighted by molar-refractivity contribution is 6.42. The number of benzene rings is 2. The summed E-state index contributed by atoms with van der Waals surface area (Å²) in [5, 5.41) is 0.762. The van der Waals surface area contributed by atoms with Crippen LogP contribution in [0, 0.1) is 0 Å². The second-order valence-corrected chi connectivity index (χ2v) is 6.85. The van der Waals surface area contributed by atoms with Gasteiger partial charge in [0.2, 0.25) is 11.8 Å². The van der Waals surface area contributed by atoms with Crippen molar-refractivity contribution >= 4 is 40.7 Å². The minimum atomic E-state index is -0.218. The average molecular weight is 377 g/mol. The molecule has 0 bridgehead atoms. The maximum absolute atomic E-state index is 12.7. The molecule has 1 heterocycles. The van der Waals surface area contributed by atoms with Gasteiger partial charge in [-0.1, -0.05) is 47.5 Å². The van der Waals surface area contributed by atoms with E-state index in [2.05, 4.69) is 6.07 Å². The lowest BCUT2D eigenvalue weighted by Gasteiger charge is -2.31. The van der Waals surface area contributed by atoms with Crippen molar-refractivity contribution < 1.29 is 9.59 Å². The molecule has 130 valence electrons. The molecule has 2 aromatic rings. The van der Waals surface area contributed by atoms with Crippen LogP contribution in [0.15, 0.2) is 42.5 Å². The highest BCUT2D eigenvalue weighted by Gasteiger charge is 2.24. The Morgan fingerprint density at radius 1 is 1.08 bits per heavy atom. The normalized spacial score (nSPS) is 13.3. The summed E-state index contributed by atoms with van der Waals surface area (Å²) in [5.41, 5.74) is 3.00. The molecule has 0 aliphatic carbocycles. The maximum atomic E-state index is 12.7. The second kappa shape index (κ2) is 7.46. The number of hydrogen-bond donors (Lipinski definition) is 0. The monoisotopic (exact) mass is 376 g/mol. The Kier molecular flexibility index (Phi) is 5.30. The van der Waals surface area contributed by atoms with E-state index >= 15 is 0 Å². The van der Waals surface area contributed by atoms with Gasteiger partial charge in [-0.05, 0) is 35.7 Å². The first-order valence-corrected chi connectivity index (χ1v) is 8.79. The van der Waals surface area contributed by atoms with Crippen LogP contribution >= 0.6 is 23.2 Å². The molecular formula is C19H18Cl2N2O2. The van der Waals surface area contributed by atoms with Gasteiger partial charge in [0.15, 0.2) is 0 Å². The van der Waals surface area contributed by atoms with Crippen molar-refractivity contribution in [2.24, 2.45) is 0 Å². The van der Waals surface area contributed by atoms with Crippen LogP contribution in [-0.2, 0) is 22.6 Å². The summed E-state index contributed by atoms with van der Waals surface area (Å²) in [6.45, 7) is 2.64. The predicted molar refractivity (Wildman–Crippen MR) is 100 cm³/mol. The number of anilines is 1. The summed E-state index contributed by atoms with van der Waals surface area (Å²) in [5.74, 6) is -0.306. The standard InChI is InChI=1S/C19H18Cl2N2O2/c1-13(24)23(16-6-7-17(20)18(21)10-16)12-19(25)22-9-8-14-4-2-3-5-15(14)11-22/h2-7,10H,8-9,11-12H2,1H3. The van der Waals surface area contributed by atoms with E-state index in [0.717, 1.165) is 12.0 Å². The molecule has 0 saturated heterocycles. The fourth-order valence-corrected chi connectivity index (χ4v) is 3.27. The fourth-order valence-electron chi connectivity index (χ4n) is 2.98. The van der Waals surface area contributed by atoms with Crippen molar-refractivity contribution in [2.75, 3.05) is 18.0 Å². The van der Waals surface area contributed by atoms with Gasteiger partial charge in [0.1, 0.15) is 6.54 Å². The molecule has 25 heavy (non-hydrogen) atoms. The largest absolute Gasteiger partial charge is 0.336 e. The van der Waals surface area contributed by atoms with Gasteiger partial charge in [-0.2, -0.15) is 0 Å². The molecule has 0 atom stereocenters. The SMILES string of the molecule is CC(=O)N(CC(=O)N1CCc2ccccc2C1)c1ccc(Cl)c(Cl)c1. The first-order valence-electron chi connectivity index (χ1n) is 8.03. The first-order chi connectivity index (χ1) is 12.0. The Morgan fingerprint density at radius 3 is 2.48 bits per heavy atom. The Labute approximate surface area is 156 Å². The fraction of sp³-hybridized carbons (Fsp3) is 0.263. The van der Waals surface area contributed by atoms with Crippen molar-refractivity contribution in [3.8, 4) is 0 Å². The van der Waals surface area contributed by atoms with Crippen LogP contribution in [-0.4, -0.2) is 29.8 Å². The van der Waals surface area contributed by atoms with Crippen LogP contribution in [0.4, 0.5) is 5.69 Å². The molecule has 0 N–H and O–H groups in total. The van der Waals surface area contributed by atoms with E-state index in [1.165, 1.54) is 17.4 Å². The van der Waals surface area contributed by atoms with Crippen LogP contribution in [0.3, 0.4) is 0 Å². The van der Waals surface area contributed by atoms with E-state index in [1.54, 1.807) is 23.1 Å². The summed E-state index contributed by atoms with van der Waals surface area (Å²) in [6, 6.07) is 13.0. The molecule has 0 aromatic heterocycles. The number of nitrogens with zero attached hydrogens (tertiary/aromatic N) is 2. The highest BCUT2D eigenvalue weighted by atomic mass is 35.5. The molecule has 6 heteroatoms. The first kappa shape index (κ1) is 17.8. The minimum Gasteiger partial charge on any atom is -0.336 e. The van der Waals surface area contributed by atoms with Crippen molar-refractivity contribution in [3.05, 3.63) is 63.6 Å². The molecule has 3 rings (SSSR count). The van der Waals surface area contributed by atoms with Crippen LogP contribution < -0.4 is 4.90 Å². The van der Waals surface area contributed by atoms with Crippen LogP contribution in [0.25, 0.3) is 0 Å². The smallest absolute Gasteiger partial charge is 0.242 e. The van der Waals surface area contributed by atoms with Crippen molar-refractivity contribution in [3.63, 3.8) is 0 Å². The third-order valence-electron chi connectivity index (χ3n) is 4.37. The van der Waals surface area contributed by atoms with Crippen molar-refractivity contribution in [1.82, 2.24) is 4.90 Å². The topological polar surface area (TPSA) is 40.6 Å². The molecule has 0 unspecified atom stereocenters. The van der Waals surface area contributed by atoms with Gasteiger partial charge in [-0.15, -0.1) is 0 Å². The van der Waals surface area contributed by atoms with Gasteiger partial charge in [0.25, 0.3) is 0 Å². The Morgan fingerprint density at radius 2 is 1.80 bits per heavy atom. The van der Waals surface area contributed by atoms with E-state index in [0.29, 0.717) is 28.8 Å². The zero-order valence-electron chi connectivity index (χ0n) is 13.8. The number of halogens is 2. The number of amides is 2. The number of carbonyl (C=O) groups is 2. The summed E-state index contributed by atoms with van der Waals surface area (Å²) in [6.07, 6.45) is 0.828. The van der Waals surface area contributed by atoms with Crippen LogP contribution in [0.1, 0.15) is 18.1 Å². The van der Waals surface area contributed by atoms with Gasteiger partial charge >= 0.3 is 0 Å². The third kappa shape index (κ3) is 3.97. The lowest BCUT2D eigenvalue weighted by atomic mass is 10.00. The number of rotatable bonds is 3. The van der Waals surface area contributed by atoms with E-state index in [1.807, 2.05) is 18.2 Å². The summed E-state index contributed by atoms with van der Waals surface area (Å²) in [7, 11) is 0. The molecule has 0 saturated carbocycles. The Bertz CT molecular complexity index is 823. The van der Waals surface area contributed by atoms with E-state index < -0.39 is 0 Å². The van der Waals surface area contributed by atoms with Crippen molar-refractivity contribution in [1.29, 1.82) is 0 Å².